The van der Waals surface area contributed by atoms with Crippen LogP contribution in [0.15, 0.2) is 11.0 Å². The number of nitrogens with one attached hydrogen (secondary N) is 1. The molecule has 98 valence electrons. The lowest BCUT2D eigenvalue weighted by atomic mass is 10.1. The molecule has 1 aromatic heterocycles. The molecule has 0 aliphatic carbocycles. The van der Waals surface area contributed by atoms with E-state index < -0.39 is 41.4 Å². The van der Waals surface area contributed by atoms with E-state index in [1.54, 1.807) is 0 Å². The SMILES string of the molecule is O=C1N(c2cn[nH]c(=O)c2C(F)(F)F)CC1(F)F. The maximum atomic E-state index is 12.6. The second-order valence-corrected chi connectivity index (χ2v) is 3.55. The third kappa shape index (κ3) is 1.73. The molecule has 10 heteroatoms. The molecule has 0 aromatic carbocycles. The minimum atomic E-state index is -5.07. The van der Waals surface area contributed by atoms with Gasteiger partial charge in [0.15, 0.2) is 0 Å². The Balaban J connectivity index is 2.51. The number of β-lactam (4-membered cyclic amide) rings is 1. The van der Waals surface area contributed by atoms with Crippen LogP contribution in [-0.2, 0) is 11.0 Å². The number of hydrogen-bond donors (Lipinski definition) is 1. The normalized spacial score (nSPS) is 18.7. The van der Waals surface area contributed by atoms with Crippen molar-refractivity contribution in [3.05, 3.63) is 22.1 Å². The summed E-state index contributed by atoms with van der Waals surface area (Å²) in [5.41, 5.74) is -4.29. The molecule has 1 fully saturated rings. The van der Waals surface area contributed by atoms with Gasteiger partial charge in [-0.2, -0.15) is 27.1 Å². The molecule has 1 aliphatic heterocycles. The minimum Gasteiger partial charge on any atom is -0.298 e. The van der Waals surface area contributed by atoms with Crippen molar-refractivity contribution in [1.82, 2.24) is 10.2 Å². The molecule has 2 rings (SSSR count). The predicted molar refractivity (Wildman–Crippen MR) is 47.2 cm³/mol. The number of nitrogens with zero attached hydrogens (tertiary/aromatic N) is 2. The van der Waals surface area contributed by atoms with Crippen LogP contribution in [0.5, 0.6) is 0 Å². The fourth-order valence-corrected chi connectivity index (χ4v) is 1.51. The lowest BCUT2D eigenvalue weighted by Crippen LogP contribution is -2.62. The summed E-state index contributed by atoms with van der Waals surface area (Å²) in [5, 5.41) is 4.60. The predicted octanol–water partition coefficient (Wildman–Crippen LogP) is 0.771. The van der Waals surface area contributed by atoms with Crippen LogP contribution >= 0.6 is 0 Å². The average Bonchev–Trinajstić information content (AvgIpc) is 2.23. The van der Waals surface area contributed by atoms with Crippen molar-refractivity contribution in [2.45, 2.75) is 12.1 Å². The van der Waals surface area contributed by atoms with E-state index >= 15 is 0 Å². The number of aromatic nitrogens is 2. The highest BCUT2D eigenvalue weighted by atomic mass is 19.4. The highest BCUT2D eigenvalue weighted by Gasteiger charge is 2.56. The van der Waals surface area contributed by atoms with Gasteiger partial charge in [-0.05, 0) is 0 Å². The first kappa shape index (κ1) is 12.5. The monoisotopic (exact) mass is 269 g/mol. The van der Waals surface area contributed by atoms with Crippen molar-refractivity contribution in [3.8, 4) is 0 Å². The summed E-state index contributed by atoms with van der Waals surface area (Å²) >= 11 is 0. The largest absolute Gasteiger partial charge is 0.423 e. The second kappa shape index (κ2) is 3.50. The molecule has 1 aromatic rings. The van der Waals surface area contributed by atoms with Gasteiger partial charge in [0, 0.05) is 0 Å². The maximum absolute atomic E-state index is 12.6. The van der Waals surface area contributed by atoms with Gasteiger partial charge in [-0.15, -0.1) is 0 Å². The Kier molecular flexibility index (Phi) is 2.42. The molecule has 0 saturated carbocycles. The van der Waals surface area contributed by atoms with Crippen LogP contribution in [0.1, 0.15) is 5.56 Å². The molecule has 5 nitrogen and oxygen atoms in total. The van der Waals surface area contributed by atoms with Gasteiger partial charge in [0.1, 0.15) is 5.56 Å². The molecular weight excluding hydrogens is 265 g/mol. The molecule has 0 unspecified atom stereocenters. The fourth-order valence-electron chi connectivity index (χ4n) is 1.51. The van der Waals surface area contributed by atoms with Crippen molar-refractivity contribution in [2.75, 3.05) is 11.4 Å². The number of carbonyl (C=O) groups excluding carboxylic acids is 1. The Morgan fingerprint density at radius 2 is 1.94 bits per heavy atom. The van der Waals surface area contributed by atoms with E-state index in [0.29, 0.717) is 6.20 Å². The van der Waals surface area contributed by atoms with Crippen molar-refractivity contribution < 1.29 is 26.7 Å². The maximum Gasteiger partial charge on any atom is 0.423 e. The van der Waals surface area contributed by atoms with Gasteiger partial charge in [0.05, 0.1) is 18.4 Å². The molecular formula is C8H4F5N3O2. The Hall–Kier alpha value is -2.00. The zero-order valence-corrected chi connectivity index (χ0v) is 8.39. The number of rotatable bonds is 1. The van der Waals surface area contributed by atoms with Gasteiger partial charge in [-0.1, -0.05) is 0 Å². The molecule has 2 heterocycles. The second-order valence-electron chi connectivity index (χ2n) is 3.55. The van der Waals surface area contributed by atoms with Crippen LogP contribution < -0.4 is 10.5 Å². The molecule has 0 spiro atoms. The molecule has 0 radical (unpaired) electrons. The number of carbonyl (C=O) groups is 1. The van der Waals surface area contributed by atoms with E-state index in [1.165, 1.54) is 5.10 Å². The summed E-state index contributed by atoms with van der Waals surface area (Å²) in [6, 6.07) is 0. The van der Waals surface area contributed by atoms with Crippen LogP contribution in [-0.4, -0.2) is 28.6 Å². The van der Waals surface area contributed by atoms with Crippen LogP contribution in [0.25, 0.3) is 0 Å². The first-order chi connectivity index (χ1) is 8.14. The van der Waals surface area contributed by atoms with Crippen LogP contribution in [0.2, 0.25) is 0 Å². The third-order valence-corrected chi connectivity index (χ3v) is 2.33. The fraction of sp³-hybridized carbons (Fsp3) is 0.375. The highest BCUT2D eigenvalue weighted by Crippen LogP contribution is 2.39. The van der Waals surface area contributed by atoms with Crippen molar-refractivity contribution in [1.29, 1.82) is 0 Å². The molecule has 1 N–H and O–H groups in total. The average molecular weight is 269 g/mol. The summed E-state index contributed by atoms with van der Waals surface area (Å²) in [7, 11) is 0. The Labute approximate surface area is 95.2 Å². The van der Waals surface area contributed by atoms with E-state index in [2.05, 4.69) is 5.10 Å². The van der Waals surface area contributed by atoms with Crippen molar-refractivity contribution in [2.24, 2.45) is 0 Å². The summed E-state index contributed by atoms with van der Waals surface area (Å²) in [4.78, 5) is 22.2. The molecule has 18 heavy (non-hydrogen) atoms. The van der Waals surface area contributed by atoms with E-state index in [1.807, 2.05) is 0 Å². The number of alkyl halides is 5. The smallest absolute Gasteiger partial charge is 0.298 e. The van der Waals surface area contributed by atoms with Gasteiger partial charge in [-0.3, -0.25) is 14.5 Å². The number of amides is 1. The van der Waals surface area contributed by atoms with E-state index in [-0.39, 0.29) is 4.90 Å². The number of H-pyrrole nitrogens is 1. The van der Waals surface area contributed by atoms with Crippen LogP contribution in [0.3, 0.4) is 0 Å². The molecule has 0 atom stereocenters. The first-order valence-electron chi connectivity index (χ1n) is 4.49. The zero-order valence-electron chi connectivity index (χ0n) is 8.39. The number of aromatic amines is 1. The summed E-state index contributed by atoms with van der Waals surface area (Å²) in [5.74, 6) is -5.49. The van der Waals surface area contributed by atoms with Gasteiger partial charge in [-0.25, -0.2) is 5.10 Å². The van der Waals surface area contributed by atoms with Gasteiger partial charge >= 0.3 is 12.1 Å². The lowest BCUT2D eigenvalue weighted by molar-refractivity contribution is -0.153. The number of hydrogen-bond acceptors (Lipinski definition) is 3. The number of anilines is 1. The van der Waals surface area contributed by atoms with Crippen LogP contribution in [0, 0.1) is 0 Å². The van der Waals surface area contributed by atoms with Crippen molar-refractivity contribution in [3.63, 3.8) is 0 Å². The summed E-state index contributed by atoms with van der Waals surface area (Å²) in [6.07, 6.45) is -4.56. The molecule has 1 amide bonds. The Morgan fingerprint density at radius 1 is 1.33 bits per heavy atom. The van der Waals surface area contributed by atoms with E-state index in [9.17, 15) is 31.5 Å². The quantitative estimate of drug-likeness (QED) is 0.605. The topological polar surface area (TPSA) is 66.1 Å². The van der Waals surface area contributed by atoms with Gasteiger partial charge in [0.25, 0.3) is 11.5 Å². The van der Waals surface area contributed by atoms with Crippen LogP contribution in [0.4, 0.5) is 27.6 Å². The van der Waals surface area contributed by atoms with Crippen molar-refractivity contribution >= 4 is 11.6 Å². The standard InChI is InChI=1S/C8H4F5N3O2/c9-7(10)2-16(6(7)18)3-1-14-15-5(17)4(3)8(11,12)13/h1H,2H2,(H,15,17). The first-order valence-corrected chi connectivity index (χ1v) is 4.49. The Bertz CT molecular complexity index is 565. The highest BCUT2D eigenvalue weighted by molar-refractivity contribution is 6.05. The lowest BCUT2D eigenvalue weighted by Gasteiger charge is -2.38. The zero-order chi connectivity index (χ0) is 13.7. The summed E-state index contributed by atoms with van der Waals surface area (Å²) < 4.78 is 63.0. The van der Waals surface area contributed by atoms with Gasteiger partial charge < -0.3 is 0 Å². The Morgan fingerprint density at radius 3 is 2.39 bits per heavy atom. The van der Waals surface area contributed by atoms with E-state index in [0.717, 1.165) is 0 Å². The summed E-state index contributed by atoms with van der Waals surface area (Å²) in [6.45, 7) is -1.21. The van der Waals surface area contributed by atoms with E-state index in [4.69, 9.17) is 0 Å². The molecule has 0 bridgehead atoms. The van der Waals surface area contributed by atoms with Gasteiger partial charge in [0.2, 0.25) is 0 Å². The third-order valence-electron chi connectivity index (χ3n) is 2.33. The molecule has 1 aliphatic rings. The molecule has 1 saturated heterocycles. The number of halogens is 5. The minimum absolute atomic E-state index is 0.172.